The summed E-state index contributed by atoms with van der Waals surface area (Å²) in [4.78, 5) is 14.9. The van der Waals surface area contributed by atoms with Crippen molar-refractivity contribution in [3.05, 3.63) is 33.8 Å². The van der Waals surface area contributed by atoms with Crippen LogP contribution in [0.3, 0.4) is 0 Å². The minimum absolute atomic E-state index is 0.00338. The average molecular weight is 304 g/mol. The molecular formula is C15H20N4OS. The first-order valence-corrected chi connectivity index (χ1v) is 8.21. The molecule has 21 heavy (non-hydrogen) atoms. The molecule has 6 heteroatoms. The Kier molecular flexibility index (Phi) is 3.71. The third-order valence-electron chi connectivity index (χ3n) is 3.86. The van der Waals surface area contributed by atoms with Gasteiger partial charge >= 0.3 is 0 Å². The van der Waals surface area contributed by atoms with Gasteiger partial charge in [0.1, 0.15) is 5.69 Å². The van der Waals surface area contributed by atoms with Crippen LogP contribution in [0.25, 0.3) is 0 Å². The molecule has 1 aliphatic carbocycles. The van der Waals surface area contributed by atoms with Crippen molar-refractivity contribution in [2.75, 3.05) is 5.73 Å². The molecule has 2 heterocycles. The van der Waals surface area contributed by atoms with Crippen molar-refractivity contribution in [3.8, 4) is 0 Å². The Labute approximate surface area is 128 Å². The van der Waals surface area contributed by atoms with Crippen molar-refractivity contribution >= 4 is 22.9 Å². The quantitative estimate of drug-likeness (QED) is 0.923. The predicted molar refractivity (Wildman–Crippen MR) is 84.3 cm³/mol. The van der Waals surface area contributed by atoms with Gasteiger partial charge in [-0.2, -0.15) is 16.4 Å². The number of amides is 1. The van der Waals surface area contributed by atoms with Gasteiger partial charge < -0.3 is 10.6 Å². The molecule has 0 spiro atoms. The molecule has 0 saturated heterocycles. The Morgan fingerprint density at radius 2 is 2.33 bits per heavy atom. The predicted octanol–water partition coefficient (Wildman–Crippen LogP) is 2.66. The van der Waals surface area contributed by atoms with Crippen LogP contribution < -0.4 is 5.73 Å². The standard InChI is InChI=1S/C15H20N4OS/c1-3-19-14(13(16)10(2)17-19)15(20)18(12-4-5-12)8-11-6-7-21-9-11/h6-7,9,12H,3-5,8,16H2,1-2H3. The number of nitrogen functional groups attached to an aromatic ring is 1. The molecular weight excluding hydrogens is 284 g/mol. The van der Waals surface area contributed by atoms with Gasteiger partial charge in [0.2, 0.25) is 0 Å². The summed E-state index contributed by atoms with van der Waals surface area (Å²) in [6, 6.07) is 2.41. The van der Waals surface area contributed by atoms with Crippen molar-refractivity contribution in [1.29, 1.82) is 0 Å². The molecule has 1 amide bonds. The van der Waals surface area contributed by atoms with Gasteiger partial charge in [0.15, 0.2) is 0 Å². The van der Waals surface area contributed by atoms with E-state index in [1.807, 2.05) is 24.1 Å². The summed E-state index contributed by atoms with van der Waals surface area (Å²) in [6.07, 6.45) is 2.16. The topological polar surface area (TPSA) is 64.2 Å². The fourth-order valence-electron chi connectivity index (χ4n) is 2.52. The van der Waals surface area contributed by atoms with E-state index in [1.165, 1.54) is 5.56 Å². The van der Waals surface area contributed by atoms with Crippen LogP contribution in [0.4, 0.5) is 5.69 Å². The van der Waals surface area contributed by atoms with Crippen molar-refractivity contribution in [2.24, 2.45) is 0 Å². The van der Waals surface area contributed by atoms with Crippen molar-refractivity contribution in [3.63, 3.8) is 0 Å². The fraction of sp³-hybridized carbons (Fsp3) is 0.467. The van der Waals surface area contributed by atoms with Crippen molar-refractivity contribution < 1.29 is 4.79 Å². The highest BCUT2D eigenvalue weighted by atomic mass is 32.1. The smallest absolute Gasteiger partial charge is 0.274 e. The van der Waals surface area contributed by atoms with Gasteiger partial charge in [-0.1, -0.05) is 0 Å². The van der Waals surface area contributed by atoms with Gasteiger partial charge in [-0.25, -0.2) is 0 Å². The molecule has 0 atom stereocenters. The molecule has 0 aliphatic heterocycles. The first kappa shape index (κ1) is 14.1. The molecule has 0 bridgehead atoms. The number of hydrogen-bond acceptors (Lipinski definition) is 4. The molecule has 0 aromatic carbocycles. The van der Waals surface area contributed by atoms with Crippen LogP contribution in [0.1, 0.15) is 41.5 Å². The largest absolute Gasteiger partial charge is 0.395 e. The lowest BCUT2D eigenvalue weighted by molar-refractivity contribution is 0.0718. The summed E-state index contributed by atoms with van der Waals surface area (Å²) >= 11 is 1.66. The monoisotopic (exact) mass is 304 g/mol. The second-order valence-corrected chi connectivity index (χ2v) is 6.24. The van der Waals surface area contributed by atoms with E-state index >= 15 is 0 Å². The maximum absolute atomic E-state index is 13.0. The van der Waals surface area contributed by atoms with Gasteiger partial charge in [0.05, 0.1) is 11.4 Å². The third kappa shape index (κ3) is 2.68. The molecule has 2 aromatic heterocycles. The number of aromatic nitrogens is 2. The van der Waals surface area contributed by atoms with Crippen LogP contribution in [-0.2, 0) is 13.1 Å². The van der Waals surface area contributed by atoms with E-state index in [-0.39, 0.29) is 5.91 Å². The van der Waals surface area contributed by atoms with Gasteiger partial charge in [-0.3, -0.25) is 9.48 Å². The van der Waals surface area contributed by atoms with Gasteiger partial charge in [0.25, 0.3) is 5.91 Å². The Morgan fingerprint density at radius 3 is 2.90 bits per heavy atom. The van der Waals surface area contributed by atoms with Crippen LogP contribution in [0.5, 0.6) is 0 Å². The molecule has 1 aliphatic rings. The number of nitrogens with two attached hydrogens (primary N) is 1. The normalized spacial score (nSPS) is 14.4. The van der Waals surface area contributed by atoms with Gasteiger partial charge in [-0.15, -0.1) is 0 Å². The second-order valence-electron chi connectivity index (χ2n) is 5.46. The van der Waals surface area contributed by atoms with Crippen LogP contribution in [-0.4, -0.2) is 26.6 Å². The minimum Gasteiger partial charge on any atom is -0.395 e. The van der Waals surface area contributed by atoms with E-state index in [1.54, 1.807) is 16.0 Å². The van der Waals surface area contributed by atoms with E-state index in [9.17, 15) is 4.79 Å². The summed E-state index contributed by atoms with van der Waals surface area (Å²) < 4.78 is 1.72. The first-order chi connectivity index (χ1) is 10.1. The molecule has 1 saturated carbocycles. The molecule has 112 valence electrons. The van der Waals surface area contributed by atoms with Crippen LogP contribution in [0.2, 0.25) is 0 Å². The van der Waals surface area contributed by atoms with E-state index < -0.39 is 0 Å². The van der Waals surface area contributed by atoms with Crippen molar-refractivity contribution in [1.82, 2.24) is 14.7 Å². The van der Waals surface area contributed by atoms with E-state index in [4.69, 9.17) is 5.73 Å². The molecule has 2 N–H and O–H groups in total. The zero-order chi connectivity index (χ0) is 15.0. The van der Waals surface area contributed by atoms with Crippen LogP contribution >= 0.6 is 11.3 Å². The summed E-state index contributed by atoms with van der Waals surface area (Å²) in [5, 5.41) is 8.49. The number of hydrogen-bond donors (Lipinski definition) is 1. The third-order valence-corrected chi connectivity index (χ3v) is 4.59. The Morgan fingerprint density at radius 1 is 1.57 bits per heavy atom. The zero-order valence-corrected chi connectivity index (χ0v) is 13.2. The highest BCUT2D eigenvalue weighted by Crippen LogP contribution is 2.31. The molecule has 1 fully saturated rings. The minimum atomic E-state index is 0.00338. The van der Waals surface area contributed by atoms with Crippen molar-refractivity contribution in [2.45, 2.75) is 45.8 Å². The highest BCUT2D eigenvalue weighted by Gasteiger charge is 2.35. The SMILES string of the molecule is CCn1nc(C)c(N)c1C(=O)N(Cc1ccsc1)C1CC1. The molecule has 2 aromatic rings. The summed E-state index contributed by atoms with van der Waals surface area (Å²) in [7, 11) is 0. The van der Waals surface area contributed by atoms with E-state index in [0.717, 1.165) is 18.5 Å². The van der Waals surface area contributed by atoms with Gasteiger partial charge in [-0.05, 0) is 49.1 Å². The lowest BCUT2D eigenvalue weighted by atomic mass is 10.2. The van der Waals surface area contributed by atoms with Crippen LogP contribution in [0, 0.1) is 6.92 Å². The fourth-order valence-corrected chi connectivity index (χ4v) is 3.18. The summed E-state index contributed by atoms with van der Waals surface area (Å²) in [5.41, 5.74) is 9.04. The zero-order valence-electron chi connectivity index (χ0n) is 12.4. The number of aryl methyl sites for hydroxylation is 2. The molecule has 3 rings (SSSR count). The summed E-state index contributed by atoms with van der Waals surface area (Å²) in [5.74, 6) is 0.00338. The van der Waals surface area contributed by atoms with Crippen LogP contribution in [0.15, 0.2) is 16.8 Å². The lowest BCUT2D eigenvalue weighted by Crippen LogP contribution is -2.34. The maximum Gasteiger partial charge on any atom is 0.274 e. The molecule has 0 unspecified atom stereocenters. The number of nitrogens with zero attached hydrogens (tertiary/aromatic N) is 3. The maximum atomic E-state index is 13.0. The molecule has 5 nitrogen and oxygen atoms in total. The Hall–Kier alpha value is -1.82. The Bertz CT molecular complexity index is 643. The van der Waals surface area contributed by atoms with E-state index in [0.29, 0.717) is 30.5 Å². The first-order valence-electron chi connectivity index (χ1n) is 7.26. The number of rotatable bonds is 5. The van der Waals surface area contributed by atoms with E-state index in [2.05, 4.69) is 16.5 Å². The Balaban J connectivity index is 1.91. The van der Waals surface area contributed by atoms with Gasteiger partial charge in [0, 0.05) is 19.1 Å². The average Bonchev–Trinajstić information content (AvgIpc) is 3.10. The lowest BCUT2D eigenvalue weighted by Gasteiger charge is -2.22. The summed E-state index contributed by atoms with van der Waals surface area (Å²) in [6.45, 7) is 5.12. The number of anilines is 1. The second kappa shape index (κ2) is 5.52. The number of thiophene rings is 1. The molecule has 0 radical (unpaired) electrons. The number of carbonyl (C=O) groups excluding carboxylic acids is 1. The highest BCUT2D eigenvalue weighted by molar-refractivity contribution is 7.07. The number of carbonyl (C=O) groups is 1.